The smallest absolute Gasteiger partial charge is 0.0307 e. The number of benzene rings is 2. The van der Waals surface area contributed by atoms with Crippen molar-refractivity contribution in [3.63, 3.8) is 0 Å². The third-order valence-corrected chi connectivity index (χ3v) is 4.50. The molecular weight excluding hydrogens is 256 g/mol. The van der Waals surface area contributed by atoms with E-state index in [9.17, 15) is 0 Å². The summed E-state index contributed by atoms with van der Waals surface area (Å²) in [6.07, 6.45) is 3.36. The maximum absolute atomic E-state index is 6.31. The number of hydrogen-bond acceptors (Lipinski definition) is 2. The van der Waals surface area contributed by atoms with Crippen molar-refractivity contribution in [3.8, 4) is 0 Å². The van der Waals surface area contributed by atoms with Crippen LogP contribution in [0, 0.1) is 0 Å². The minimum absolute atomic E-state index is 0.150. The highest BCUT2D eigenvalue weighted by molar-refractivity contribution is 5.28. The summed E-state index contributed by atoms with van der Waals surface area (Å²) in [4.78, 5) is 2.56. The molecule has 2 aromatic rings. The van der Waals surface area contributed by atoms with Crippen molar-refractivity contribution < 1.29 is 0 Å². The zero-order valence-electron chi connectivity index (χ0n) is 12.5. The second-order valence-corrected chi connectivity index (χ2v) is 5.92. The van der Waals surface area contributed by atoms with Gasteiger partial charge >= 0.3 is 0 Å². The van der Waals surface area contributed by atoms with Gasteiger partial charge in [-0.25, -0.2) is 0 Å². The molecule has 1 heterocycles. The van der Waals surface area contributed by atoms with E-state index in [1.165, 1.54) is 16.7 Å². The lowest BCUT2D eigenvalue weighted by Crippen LogP contribution is -2.29. The number of nitrogens with zero attached hydrogens (tertiary/aromatic N) is 1. The molecular formula is C19H24N2. The lowest BCUT2D eigenvalue weighted by Gasteiger charge is -2.22. The SMILES string of the molecule is NC(CCN1CCc2ccccc2CC1)c1ccccc1. The summed E-state index contributed by atoms with van der Waals surface area (Å²) >= 11 is 0. The largest absolute Gasteiger partial charge is 0.324 e. The third-order valence-electron chi connectivity index (χ3n) is 4.50. The molecule has 0 spiro atoms. The Morgan fingerprint density at radius 1 is 0.857 bits per heavy atom. The van der Waals surface area contributed by atoms with Crippen LogP contribution in [0.25, 0.3) is 0 Å². The van der Waals surface area contributed by atoms with Gasteiger partial charge in [-0.15, -0.1) is 0 Å². The molecule has 0 saturated carbocycles. The number of nitrogens with two attached hydrogens (primary N) is 1. The summed E-state index contributed by atoms with van der Waals surface area (Å²) in [6, 6.07) is 19.4. The van der Waals surface area contributed by atoms with Crippen molar-refractivity contribution in [1.82, 2.24) is 4.90 Å². The van der Waals surface area contributed by atoms with Crippen molar-refractivity contribution in [2.45, 2.75) is 25.3 Å². The highest BCUT2D eigenvalue weighted by Gasteiger charge is 2.14. The van der Waals surface area contributed by atoms with Crippen molar-refractivity contribution >= 4 is 0 Å². The number of fused-ring (bicyclic) bond motifs is 1. The summed E-state index contributed by atoms with van der Waals surface area (Å²) < 4.78 is 0. The van der Waals surface area contributed by atoms with E-state index in [1.807, 2.05) is 6.07 Å². The van der Waals surface area contributed by atoms with E-state index in [2.05, 4.69) is 53.4 Å². The summed E-state index contributed by atoms with van der Waals surface area (Å²) in [7, 11) is 0. The van der Waals surface area contributed by atoms with Gasteiger partial charge in [-0.3, -0.25) is 0 Å². The summed E-state index contributed by atoms with van der Waals surface area (Å²) in [6.45, 7) is 3.39. The summed E-state index contributed by atoms with van der Waals surface area (Å²) in [5.41, 5.74) is 10.6. The monoisotopic (exact) mass is 280 g/mol. The molecule has 1 atom stereocenters. The van der Waals surface area contributed by atoms with E-state index in [0.29, 0.717) is 0 Å². The van der Waals surface area contributed by atoms with Gasteiger partial charge in [0.05, 0.1) is 0 Å². The molecule has 2 nitrogen and oxygen atoms in total. The first-order valence-electron chi connectivity index (χ1n) is 7.92. The average Bonchev–Trinajstić information content (AvgIpc) is 2.76. The normalized spacial score (nSPS) is 17.0. The Bertz CT molecular complexity index is 538. The molecule has 21 heavy (non-hydrogen) atoms. The Kier molecular flexibility index (Phi) is 4.69. The Morgan fingerprint density at radius 2 is 1.43 bits per heavy atom. The van der Waals surface area contributed by atoms with Crippen LogP contribution in [-0.2, 0) is 12.8 Å². The Morgan fingerprint density at radius 3 is 2.05 bits per heavy atom. The molecule has 2 heteroatoms. The van der Waals surface area contributed by atoms with Crippen LogP contribution in [-0.4, -0.2) is 24.5 Å². The number of rotatable bonds is 4. The van der Waals surface area contributed by atoms with Crippen LogP contribution in [0.3, 0.4) is 0 Å². The molecule has 0 aromatic heterocycles. The fourth-order valence-corrected chi connectivity index (χ4v) is 3.13. The Labute approximate surface area is 127 Å². The maximum atomic E-state index is 6.31. The van der Waals surface area contributed by atoms with Gasteiger partial charge in [-0.1, -0.05) is 54.6 Å². The van der Waals surface area contributed by atoms with Crippen LogP contribution in [0.4, 0.5) is 0 Å². The van der Waals surface area contributed by atoms with Gasteiger partial charge in [0.25, 0.3) is 0 Å². The predicted octanol–water partition coefficient (Wildman–Crippen LogP) is 3.18. The molecule has 0 fully saturated rings. The van der Waals surface area contributed by atoms with Crippen LogP contribution in [0.5, 0.6) is 0 Å². The molecule has 110 valence electrons. The van der Waals surface area contributed by atoms with Gasteiger partial charge in [0.2, 0.25) is 0 Å². The highest BCUT2D eigenvalue weighted by Crippen LogP contribution is 2.18. The lowest BCUT2D eigenvalue weighted by molar-refractivity contribution is 0.276. The van der Waals surface area contributed by atoms with E-state index >= 15 is 0 Å². The second kappa shape index (κ2) is 6.88. The molecule has 3 rings (SSSR count). The first kappa shape index (κ1) is 14.3. The van der Waals surface area contributed by atoms with E-state index in [-0.39, 0.29) is 6.04 Å². The van der Waals surface area contributed by atoms with Crippen LogP contribution in [0.2, 0.25) is 0 Å². The van der Waals surface area contributed by atoms with Crippen molar-refractivity contribution in [3.05, 3.63) is 71.3 Å². The van der Waals surface area contributed by atoms with Crippen molar-refractivity contribution in [2.24, 2.45) is 5.73 Å². The van der Waals surface area contributed by atoms with Crippen LogP contribution < -0.4 is 5.73 Å². The average molecular weight is 280 g/mol. The third kappa shape index (κ3) is 3.72. The lowest BCUT2D eigenvalue weighted by atomic mass is 10.0. The van der Waals surface area contributed by atoms with Gasteiger partial charge < -0.3 is 10.6 Å². The topological polar surface area (TPSA) is 29.3 Å². The van der Waals surface area contributed by atoms with E-state index in [4.69, 9.17) is 5.73 Å². The molecule has 2 aromatic carbocycles. The molecule has 1 unspecified atom stereocenters. The van der Waals surface area contributed by atoms with Gasteiger partial charge in [0.15, 0.2) is 0 Å². The second-order valence-electron chi connectivity index (χ2n) is 5.92. The molecule has 0 radical (unpaired) electrons. The standard InChI is InChI=1S/C19H24N2/c20-19(18-8-2-1-3-9-18)12-15-21-13-10-16-6-4-5-7-17(16)11-14-21/h1-9,19H,10-15,20H2. The fraction of sp³-hybridized carbons (Fsp3) is 0.368. The van der Waals surface area contributed by atoms with Crippen molar-refractivity contribution in [1.29, 1.82) is 0 Å². The van der Waals surface area contributed by atoms with Gasteiger partial charge in [-0.2, -0.15) is 0 Å². The van der Waals surface area contributed by atoms with Gasteiger partial charge in [0.1, 0.15) is 0 Å². The summed E-state index contributed by atoms with van der Waals surface area (Å²) in [5, 5.41) is 0. The van der Waals surface area contributed by atoms with Crippen LogP contribution in [0.15, 0.2) is 54.6 Å². The Balaban J connectivity index is 1.53. The van der Waals surface area contributed by atoms with Gasteiger partial charge in [-0.05, 0) is 42.5 Å². The van der Waals surface area contributed by atoms with E-state index in [0.717, 1.165) is 38.9 Å². The van der Waals surface area contributed by atoms with Crippen LogP contribution in [0.1, 0.15) is 29.2 Å². The minimum Gasteiger partial charge on any atom is -0.324 e. The quantitative estimate of drug-likeness (QED) is 0.932. The zero-order chi connectivity index (χ0) is 14.5. The molecule has 0 bridgehead atoms. The molecule has 2 N–H and O–H groups in total. The molecule has 0 saturated heterocycles. The molecule has 1 aliphatic rings. The minimum atomic E-state index is 0.150. The Hall–Kier alpha value is -1.64. The first-order chi connectivity index (χ1) is 10.3. The molecule has 0 amide bonds. The zero-order valence-corrected chi connectivity index (χ0v) is 12.5. The van der Waals surface area contributed by atoms with E-state index < -0.39 is 0 Å². The van der Waals surface area contributed by atoms with Gasteiger partial charge in [0, 0.05) is 19.1 Å². The fourth-order valence-electron chi connectivity index (χ4n) is 3.13. The van der Waals surface area contributed by atoms with Crippen LogP contribution >= 0.6 is 0 Å². The van der Waals surface area contributed by atoms with E-state index in [1.54, 1.807) is 0 Å². The molecule has 0 aliphatic carbocycles. The summed E-state index contributed by atoms with van der Waals surface area (Å²) in [5.74, 6) is 0. The first-order valence-corrected chi connectivity index (χ1v) is 7.92. The molecule has 1 aliphatic heterocycles. The predicted molar refractivity (Wildman–Crippen MR) is 88.3 cm³/mol. The number of hydrogen-bond donors (Lipinski definition) is 1. The highest BCUT2D eigenvalue weighted by atomic mass is 15.1. The maximum Gasteiger partial charge on any atom is 0.0307 e. The van der Waals surface area contributed by atoms with Crippen molar-refractivity contribution in [2.75, 3.05) is 19.6 Å².